The Hall–Kier alpha value is -1.93. The maximum Gasteiger partial charge on any atom is 0.241 e. The van der Waals surface area contributed by atoms with E-state index < -0.39 is 6.04 Å². The molecule has 0 aliphatic carbocycles. The lowest BCUT2D eigenvalue weighted by molar-refractivity contribution is -0.123. The Kier molecular flexibility index (Phi) is 8.06. The second-order valence-electron chi connectivity index (χ2n) is 6.03. The molecule has 0 heterocycles. The molecule has 138 valence electrons. The molecule has 0 radical (unpaired) electrons. The van der Waals surface area contributed by atoms with Crippen LogP contribution in [0.3, 0.4) is 0 Å². The molecule has 1 unspecified atom stereocenters. The minimum absolute atomic E-state index is 0.119. The summed E-state index contributed by atoms with van der Waals surface area (Å²) in [7, 11) is 0. The van der Waals surface area contributed by atoms with Crippen LogP contribution in [0.1, 0.15) is 20.3 Å². The van der Waals surface area contributed by atoms with Gasteiger partial charge >= 0.3 is 0 Å². The highest BCUT2D eigenvalue weighted by atomic mass is 127. The van der Waals surface area contributed by atoms with Crippen LogP contribution in [0.25, 0.3) is 0 Å². The van der Waals surface area contributed by atoms with E-state index in [4.69, 9.17) is 0 Å². The van der Waals surface area contributed by atoms with E-state index >= 15 is 0 Å². The zero-order valence-electron chi connectivity index (χ0n) is 15.0. The standard InChI is InChI=1S/C20H24IN3O2/c1-3-13-24(14-19(25)23-18-12-8-7-11-17(18)21)15(2)20(26)22-16-9-5-4-6-10-16/h4-12,15H,3,13-14H2,1-2H3,(H,22,26)(H,23,25). The smallest absolute Gasteiger partial charge is 0.241 e. The summed E-state index contributed by atoms with van der Waals surface area (Å²) in [5.74, 6) is -0.242. The summed E-state index contributed by atoms with van der Waals surface area (Å²) in [5.41, 5.74) is 1.54. The highest BCUT2D eigenvalue weighted by Crippen LogP contribution is 2.17. The first-order valence-electron chi connectivity index (χ1n) is 8.65. The molecule has 0 saturated carbocycles. The number of para-hydroxylation sites is 2. The summed E-state index contributed by atoms with van der Waals surface area (Å²) >= 11 is 2.19. The molecule has 1 atom stereocenters. The van der Waals surface area contributed by atoms with Crippen LogP contribution in [-0.2, 0) is 9.59 Å². The Labute approximate surface area is 168 Å². The minimum atomic E-state index is -0.407. The molecule has 2 amide bonds. The molecule has 2 aromatic carbocycles. The first-order valence-corrected chi connectivity index (χ1v) is 9.73. The van der Waals surface area contributed by atoms with Crippen molar-refractivity contribution in [3.05, 3.63) is 58.2 Å². The van der Waals surface area contributed by atoms with Crippen molar-refractivity contribution in [2.75, 3.05) is 23.7 Å². The van der Waals surface area contributed by atoms with Crippen molar-refractivity contribution >= 4 is 45.8 Å². The van der Waals surface area contributed by atoms with E-state index in [2.05, 4.69) is 33.2 Å². The van der Waals surface area contributed by atoms with Gasteiger partial charge in [-0.2, -0.15) is 0 Å². The Balaban J connectivity index is 1.99. The lowest BCUT2D eigenvalue weighted by Gasteiger charge is -2.27. The maximum atomic E-state index is 12.5. The quantitative estimate of drug-likeness (QED) is 0.581. The van der Waals surface area contributed by atoms with Crippen LogP contribution in [0, 0.1) is 3.57 Å². The number of hydrogen-bond acceptors (Lipinski definition) is 3. The van der Waals surface area contributed by atoms with Crippen molar-refractivity contribution in [2.45, 2.75) is 26.3 Å². The van der Waals surface area contributed by atoms with Crippen molar-refractivity contribution in [3.8, 4) is 0 Å². The van der Waals surface area contributed by atoms with Crippen molar-refractivity contribution < 1.29 is 9.59 Å². The minimum Gasteiger partial charge on any atom is -0.325 e. The zero-order valence-corrected chi connectivity index (χ0v) is 17.2. The molecule has 2 rings (SSSR count). The Morgan fingerprint density at radius 1 is 1.04 bits per heavy atom. The lowest BCUT2D eigenvalue weighted by atomic mass is 10.2. The van der Waals surface area contributed by atoms with Crippen molar-refractivity contribution in [1.29, 1.82) is 0 Å². The molecule has 0 bridgehead atoms. The van der Waals surface area contributed by atoms with Gasteiger partial charge in [0.05, 0.1) is 18.3 Å². The van der Waals surface area contributed by atoms with Crippen LogP contribution in [0.4, 0.5) is 11.4 Å². The van der Waals surface area contributed by atoms with Crippen LogP contribution < -0.4 is 10.6 Å². The number of anilines is 2. The topological polar surface area (TPSA) is 61.4 Å². The van der Waals surface area contributed by atoms with Gasteiger partial charge in [0, 0.05) is 9.26 Å². The third-order valence-electron chi connectivity index (χ3n) is 3.97. The van der Waals surface area contributed by atoms with Crippen molar-refractivity contribution in [1.82, 2.24) is 4.90 Å². The molecular weight excluding hydrogens is 441 g/mol. The zero-order chi connectivity index (χ0) is 18.9. The number of nitrogens with zero attached hydrogens (tertiary/aromatic N) is 1. The number of rotatable bonds is 8. The number of hydrogen-bond donors (Lipinski definition) is 2. The van der Waals surface area contributed by atoms with Gasteiger partial charge in [-0.25, -0.2) is 0 Å². The largest absolute Gasteiger partial charge is 0.325 e. The van der Waals surface area contributed by atoms with E-state index in [1.807, 2.05) is 73.3 Å². The summed E-state index contributed by atoms with van der Waals surface area (Å²) in [6.07, 6.45) is 0.860. The van der Waals surface area contributed by atoms with E-state index in [-0.39, 0.29) is 18.4 Å². The van der Waals surface area contributed by atoms with Crippen molar-refractivity contribution in [2.24, 2.45) is 0 Å². The number of halogens is 1. The molecule has 0 aliphatic rings. The van der Waals surface area contributed by atoms with Gasteiger partial charge in [-0.15, -0.1) is 0 Å². The summed E-state index contributed by atoms with van der Waals surface area (Å²) < 4.78 is 0.982. The molecular formula is C20H24IN3O2. The summed E-state index contributed by atoms with van der Waals surface area (Å²) in [4.78, 5) is 26.9. The van der Waals surface area contributed by atoms with Crippen LogP contribution in [0.15, 0.2) is 54.6 Å². The summed E-state index contributed by atoms with van der Waals surface area (Å²) in [6.45, 7) is 4.70. The van der Waals surface area contributed by atoms with E-state index in [9.17, 15) is 9.59 Å². The average Bonchev–Trinajstić information content (AvgIpc) is 2.63. The predicted octanol–water partition coefficient (Wildman–Crippen LogP) is 3.97. The van der Waals surface area contributed by atoms with Crippen LogP contribution in [0.2, 0.25) is 0 Å². The second-order valence-corrected chi connectivity index (χ2v) is 7.19. The third-order valence-corrected chi connectivity index (χ3v) is 4.91. The number of carbonyl (C=O) groups is 2. The Morgan fingerprint density at radius 3 is 2.35 bits per heavy atom. The third kappa shape index (κ3) is 6.10. The van der Waals surface area contributed by atoms with E-state index in [0.717, 1.165) is 21.4 Å². The van der Waals surface area contributed by atoms with Gasteiger partial charge < -0.3 is 10.6 Å². The first kappa shape index (κ1) is 20.4. The number of nitrogens with one attached hydrogen (secondary N) is 2. The molecule has 6 heteroatoms. The fraction of sp³-hybridized carbons (Fsp3) is 0.300. The van der Waals surface area contributed by atoms with E-state index in [1.54, 1.807) is 0 Å². The molecule has 0 aromatic heterocycles. The molecule has 5 nitrogen and oxygen atoms in total. The van der Waals surface area contributed by atoms with Gasteiger partial charge in [-0.05, 0) is 66.7 Å². The maximum absolute atomic E-state index is 12.5. The second kappa shape index (κ2) is 10.3. The van der Waals surface area contributed by atoms with E-state index in [0.29, 0.717) is 6.54 Å². The molecule has 0 spiro atoms. The monoisotopic (exact) mass is 465 g/mol. The lowest BCUT2D eigenvalue weighted by Crippen LogP contribution is -2.46. The number of benzene rings is 2. The highest BCUT2D eigenvalue weighted by Gasteiger charge is 2.23. The summed E-state index contributed by atoms with van der Waals surface area (Å²) in [5, 5.41) is 5.82. The Morgan fingerprint density at radius 2 is 1.69 bits per heavy atom. The van der Waals surface area contributed by atoms with Crippen LogP contribution in [-0.4, -0.2) is 35.8 Å². The van der Waals surface area contributed by atoms with Gasteiger partial charge in [0.25, 0.3) is 0 Å². The first-order chi connectivity index (χ1) is 12.5. The molecule has 26 heavy (non-hydrogen) atoms. The van der Waals surface area contributed by atoms with E-state index in [1.165, 1.54) is 0 Å². The van der Waals surface area contributed by atoms with Gasteiger partial charge in [0.2, 0.25) is 11.8 Å². The number of carbonyl (C=O) groups excluding carboxylic acids is 2. The number of amides is 2. The van der Waals surface area contributed by atoms with Gasteiger partial charge in [-0.1, -0.05) is 37.3 Å². The average molecular weight is 465 g/mol. The fourth-order valence-corrected chi connectivity index (χ4v) is 3.09. The molecule has 0 saturated heterocycles. The molecule has 0 aliphatic heterocycles. The highest BCUT2D eigenvalue weighted by molar-refractivity contribution is 14.1. The molecule has 2 N–H and O–H groups in total. The van der Waals surface area contributed by atoms with Crippen LogP contribution >= 0.6 is 22.6 Å². The van der Waals surface area contributed by atoms with Gasteiger partial charge in [-0.3, -0.25) is 14.5 Å². The predicted molar refractivity (Wildman–Crippen MR) is 114 cm³/mol. The Bertz CT molecular complexity index is 737. The molecule has 2 aromatic rings. The molecule has 0 fully saturated rings. The SMILES string of the molecule is CCCN(CC(=O)Nc1ccccc1I)C(C)C(=O)Nc1ccccc1. The van der Waals surface area contributed by atoms with Crippen molar-refractivity contribution in [3.63, 3.8) is 0 Å². The van der Waals surface area contributed by atoms with Crippen LogP contribution in [0.5, 0.6) is 0 Å². The van der Waals surface area contributed by atoms with Gasteiger partial charge in [0.1, 0.15) is 0 Å². The summed E-state index contributed by atoms with van der Waals surface area (Å²) in [6, 6.07) is 16.6. The fourth-order valence-electron chi connectivity index (χ4n) is 2.57. The normalized spacial score (nSPS) is 11.8. The van der Waals surface area contributed by atoms with Gasteiger partial charge in [0.15, 0.2) is 0 Å².